The van der Waals surface area contributed by atoms with Crippen molar-refractivity contribution < 1.29 is 14.3 Å². The van der Waals surface area contributed by atoms with E-state index in [4.69, 9.17) is 9.47 Å². The van der Waals surface area contributed by atoms with Gasteiger partial charge in [-0.05, 0) is 28.0 Å². The van der Waals surface area contributed by atoms with Crippen LogP contribution in [0.25, 0.3) is 10.8 Å². The van der Waals surface area contributed by atoms with E-state index in [1.807, 2.05) is 35.2 Å². The van der Waals surface area contributed by atoms with Crippen LogP contribution in [0.5, 0.6) is 11.5 Å². The maximum absolute atomic E-state index is 13.0. The first-order valence-electron chi connectivity index (χ1n) is 8.22. The van der Waals surface area contributed by atoms with Crippen molar-refractivity contribution in [3.8, 4) is 11.5 Å². The van der Waals surface area contributed by atoms with Crippen molar-refractivity contribution in [1.29, 1.82) is 0 Å². The summed E-state index contributed by atoms with van der Waals surface area (Å²) in [7, 11) is 3.15. The second-order valence-corrected chi connectivity index (χ2v) is 6.13. The zero-order valence-corrected chi connectivity index (χ0v) is 14.3. The molecule has 0 aromatic heterocycles. The number of hydrogen-bond donors (Lipinski definition) is 0. The number of nitrogens with zero attached hydrogens (tertiary/aromatic N) is 1. The van der Waals surface area contributed by atoms with E-state index in [9.17, 15) is 4.79 Å². The Morgan fingerprint density at radius 3 is 2.56 bits per heavy atom. The molecular formula is C21H19NO3. The molecule has 0 atom stereocenters. The molecule has 126 valence electrons. The molecule has 0 fully saturated rings. The Labute approximate surface area is 146 Å². The maximum Gasteiger partial charge on any atom is 0.258 e. The molecule has 0 unspecified atom stereocenters. The fourth-order valence-electron chi connectivity index (χ4n) is 3.53. The fraction of sp³-hybridized carbons (Fsp3) is 0.190. The molecular weight excluding hydrogens is 314 g/mol. The van der Waals surface area contributed by atoms with E-state index in [0.717, 1.165) is 11.1 Å². The van der Waals surface area contributed by atoms with Crippen LogP contribution in [0, 0.1) is 0 Å². The number of rotatable bonds is 4. The standard InChI is InChI=1S/C21H19NO3/c1-24-18-11-10-16-13-22(21(23)19(16)20(18)25-2)12-15-8-5-7-14-6-3-4-9-17(14)15/h3-11H,12-13H2,1-2H3. The van der Waals surface area contributed by atoms with Crippen LogP contribution < -0.4 is 9.47 Å². The summed E-state index contributed by atoms with van der Waals surface area (Å²) < 4.78 is 10.8. The topological polar surface area (TPSA) is 38.8 Å². The van der Waals surface area contributed by atoms with Gasteiger partial charge in [-0.25, -0.2) is 0 Å². The summed E-state index contributed by atoms with van der Waals surface area (Å²) in [6, 6.07) is 18.2. The Kier molecular flexibility index (Phi) is 3.80. The first-order valence-corrected chi connectivity index (χ1v) is 8.22. The van der Waals surface area contributed by atoms with Gasteiger partial charge >= 0.3 is 0 Å². The van der Waals surface area contributed by atoms with E-state index in [-0.39, 0.29) is 5.91 Å². The van der Waals surface area contributed by atoms with Crippen molar-refractivity contribution in [2.75, 3.05) is 14.2 Å². The van der Waals surface area contributed by atoms with E-state index >= 15 is 0 Å². The zero-order chi connectivity index (χ0) is 17.4. The van der Waals surface area contributed by atoms with Gasteiger partial charge in [0.2, 0.25) is 0 Å². The van der Waals surface area contributed by atoms with Crippen LogP contribution in [0.4, 0.5) is 0 Å². The Morgan fingerprint density at radius 2 is 1.76 bits per heavy atom. The smallest absolute Gasteiger partial charge is 0.258 e. The van der Waals surface area contributed by atoms with Crippen LogP contribution in [0.3, 0.4) is 0 Å². The van der Waals surface area contributed by atoms with Gasteiger partial charge in [-0.3, -0.25) is 4.79 Å². The van der Waals surface area contributed by atoms with Gasteiger partial charge < -0.3 is 14.4 Å². The van der Waals surface area contributed by atoms with Gasteiger partial charge in [-0.15, -0.1) is 0 Å². The number of benzene rings is 3. The number of methoxy groups -OCH3 is 2. The van der Waals surface area contributed by atoms with Crippen LogP contribution >= 0.6 is 0 Å². The van der Waals surface area contributed by atoms with Crippen LogP contribution in [0.15, 0.2) is 54.6 Å². The molecule has 4 heteroatoms. The first-order chi connectivity index (χ1) is 12.2. The maximum atomic E-state index is 13.0. The average molecular weight is 333 g/mol. The molecule has 0 aliphatic carbocycles. The Balaban J connectivity index is 1.70. The number of carbonyl (C=O) groups excluding carboxylic acids is 1. The highest BCUT2D eigenvalue weighted by molar-refractivity contribution is 6.02. The Bertz CT molecular complexity index is 959. The molecule has 1 aliphatic rings. The number of hydrogen-bond acceptors (Lipinski definition) is 3. The van der Waals surface area contributed by atoms with Crippen molar-refractivity contribution in [3.63, 3.8) is 0 Å². The van der Waals surface area contributed by atoms with Crippen molar-refractivity contribution in [3.05, 3.63) is 71.3 Å². The molecule has 0 spiro atoms. The molecule has 0 N–H and O–H groups in total. The summed E-state index contributed by atoms with van der Waals surface area (Å²) in [5.74, 6) is 1.09. The van der Waals surface area contributed by atoms with Gasteiger partial charge in [-0.1, -0.05) is 48.5 Å². The monoisotopic (exact) mass is 333 g/mol. The van der Waals surface area contributed by atoms with E-state index in [1.165, 1.54) is 10.8 Å². The lowest BCUT2D eigenvalue weighted by Crippen LogP contribution is -2.23. The van der Waals surface area contributed by atoms with Gasteiger partial charge in [0.25, 0.3) is 5.91 Å². The lowest BCUT2D eigenvalue weighted by atomic mass is 10.0. The highest BCUT2D eigenvalue weighted by Gasteiger charge is 2.32. The minimum atomic E-state index is -0.0151. The number of ether oxygens (including phenoxy) is 2. The van der Waals surface area contributed by atoms with E-state index < -0.39 is 0 Å². The van der Waals surface area contributed by atoms with E-state index in [2.05, 4.69) is 24.3 Å². The predicted molar refractivity (Wildman–Crippen MR) is 97.1 cm³/mol. The van der Waals surface area contributed by atoms with Crippen molar-refractivity contribution in [2.45, 2.75) is 13.1 Å². The summed E-state index contributed by atoms with van der Waals surface area (Å²) in [5.41, 5.74) is 2.73. The minimum absolute atomic E-state index is 0.0151. The van der Waals surface area contributed by atoms with Gasteiger partial charge in [0.1, 0.15) is 0 Å². The number of carbonyl (C=O) groups is 1. The van der Waals surface area contributed by atoms with Gasteiger partial charge in [0.15, 0.2) is 11.5 Å². The van der Waals surface area contributed by atoms with Crippen molar-refractivity contribution in [1.82, 2.24) is 4.90 Å². The Hall–Kier alpha value is -3.01. The zero-order valence-electron chi connectivity index (χ0n) is 14.3. The lowest BCUT2D eigenvalue weighted by Gasteiger charge is -2.17. The molecule has 0 radical (unpaired) electrons. The molecule has 0 saturated carbocycles. The molecule has 1 heterocycles. The highest BCUT2D eigenvalue weighted by atomic mass is 16.5. The second kappa shape index (κ2) is 6.13. The number of amides is 1. The SMILES string of the molecule is COc1ccc2c(c1OC)C(=O)N(Cc1cccc3ccccc13)C2. The van der Waals surface area contributed by atoms with Gasteiger partial charge in [0.05, 0.1) is 19.8 Å². The minimum Gasteiger partial charge on any atom is -0.493 e. The highest BCUT2D eigenvalue weighted by Crippen LogP contribution is 2.39. The quantitative estimate of drug-likeness (QED) is 0.724. The normalized spacial score (nSPS) is 13.2. The fourth-order valence-corrected chi connectivity index (χ4v) is 3.53. The van der Waals surface area contributed by atoms with Gasteiger partial charge in [-0.2, -0.15) is 0 Å². The summed E-state index contributed by atoms with van der Waals surface area (Å²) in [6.45, 7) is 1.15. The molecule has 3 aromatic carbocycles. The molecule has 0 saturated heterocycles. The van der Waals surface area contributed by atoms with Crippen LogP contribution in [0.2, 0.25) is 0 Å². The van der Waals surface area contributed by atoms with Crippen LogP contribution in [0.1, 0.15) is 21.5 Å². The summed E-state index contributed by atoms with van der Waals surface area (Å²) in [5, 5.41) is 2.36. The number of fused-ring (bicyclic) bond motifs is 2. The summed E-state index contributed by atoms with van der Waals surface area (Å²) >= 11 is 0. The molecule has 4 rings (SSSR count). The molecule has 1 aliphatic heterocycles. The van der Waals surface area contributed by atoms with E-state index in [0.29, 0.717) is 30.2 Å². The third-order valence-corrected chi connectivity index (χ3v) is 4.74. The molecule has 3 aromatic rings. The third kappa shape index (κ3) is 2.50. The predicted octanol–water partition coefficient (Wildman–Crippen LogP) is 4.01. The van der Waals surface area contributed by atoms with E-state index in [1.54, 1.807) is 14.2 Å². The third-order valence-electron chi connectivity index (χ3n) is 4.74. The lowest BCUT2D eigenvalue weighted by molar-refractivity contribution is 0.0764. The first kappa shape index (κ1) is 15.5. The summed E-state index contributed by atoms with van der Waals surface area (Å²) in [4.78, 5) is 14.8. The Morgan fingerprint density at radius 1 is 0.960 bits per heavy atom. The van der Waals surface area contributed by atoms with Crippen LogP contribution in [-0.4, -0.2) is 25.0 Å². The second-order valence-electron chi connectivity index (χ2n) is 6.13. The van der Waals surface area contributed by atoms with Crippen molar-refractivity contribution >= 4 is 16.7 Å². The van der Waals surface area contributed by atoms with Crippen LogP contribution in [-0.2, 0) is 13.1 Å². The molecule has 4 nitrogen and oxygen atoms in total. The summed E-state index contributed by atoms with van der Waals surface area (Å²) in [6.07, 6.45) is 0. The average Bonchev–Trinajstić information content (AvgIpc) is 2.97. The largest absolute Gasteiger partial charge is 0.493 e. The molecule has 1 amide bonds. The van der Waals surface area contributed by atoms with Crippen molar-refractivity contribution in [2.24, 2.45) is 0 Å². The molecule has 0 bridgehead atoms. The molecule has 25 heavy (non-hydrogen) atoms. The van der Waals surface area contributed by atoms with Gasteiger partial charge in [0, 0.05) is 13.1 Å².